The number of aromatic nitrogens is 1. The zero-order valence-electron chi connectivity index (χ0n) is 14.4. The second-order valence-corrected chi connectivity index (χ2v) is 6.55. The van der Waals surface area contributed by atoms with Crippen molar-refractivity contribution >= 4 is 23.3 Å². The van der Waals surface area contributed by atoms with Gasteiger partial charge in [0.15, 0.2) is 0 Å². The fraction of sp³-hybridized carbons (Fsp3) is 0.368. The summed E-state index contributed by atoms with van der Waals surface area (Å²) in [5.74, 6) is 0.590. The number of nitrogens with one attached hydrogen (secondary N) is 1. The molecular weight excluding hydrogens is 357 g/mol. The maximum atomic E-state index is 13.1. The van der Waals surface area contributed by atoms with Crippen LogP contribution < -0.4 is 10.1 Å². The highest BCUT2D eigenvalue weighted by Crippen LogP contribution is 2.22. The molecule has 2 aromatic rings. The molecule has 26 heavy (non-hydrogen) atoms. The first-order chi connectivity index (χ1) is 12.6. The van der Waals surface area contributed by atoms with Crippen LogP contribution in [0, 0.1) is 5.82 Å². The monoisotopic (exact) mass is 377 g/mol. The lowest BCUT2D eigenvalue weighted by Gasteiger charge is -2.26. The van der Waals surface area contributed by atoms with E-state index >= 15 is 0 Å². The summed E-state index contributed by atoms with van der Waals surface area (Å²) in [6.07, 6.45) is 4.79. The molecule has 138 valence electrons. The molecule has 0 bridgehead atoms. The number of carbonyl (C=O) groups is 1. The number of carbonyl (C=O) groups excluding carboxylic acids is 1. The molecule has 1 saturated heterocycles. The predicted octanol–water partition coefficient (Wildman–Crippen LogP) is 3.99. The van der Waals surface area contributed by atoms with Crippen molar-refractivity contribution in [3.8, 4) is 5.75 Å². The van der Waals surface area contributed by atoms with E-state index in [1.54, 1.807) is 24.4 Å². The first-order valence-electron chi connectivity index (χ1n) is 8.70. The van der Waals surface area contributed by atoms with E-state index in [1.807, 2.05) is 4.90 Å². The van der Waals surface area contributed by atoms with Crippen LogP contribution in [0.4, 0.5) is 10.2 Å². The Labute approximate surface area is 157 Å². The second-order valence-electron chi connectivity index (χ2n) is 6.14. The molecule has 1 amide bonds. The Hall–Kier alpha value is -2.34. The minimum absolute atomic E-state index is 0.0277. The summed E-state index contributed by atoms with van der Waals surface area (Å²) < 4.78 is 18.5. The molecule has 1 aromatic heterocycles. The number of hydrogen-bond acceptors (Lipinski definition) is 4. The molecule has 0 radical (unpaired) electrons. The standard InChI is InChI=1S/C19H21ClFN3O2/c20-17-11-14(19(25)24-8-2-1-3-9-24)13-23-18(17)22-7-10-26-16-6-4-5-15(21)12-16/h4-6,11-13H,1-3,7-10H2,(H,22,23). The van der Waals surface area contributed by atoms with Crippen LogP contribution in [0.1, 0.15) is 29.6 Å². The lowest BCUT2D eigenvalue weighted by molar-refractivity contribution is 0.0724. The number of ether oxygens (including phenoxy) is 1. The topological polar surface area (TPSA) is 54.5 Å². The number of hydrogen-bond donors (Lipinski definition) is 1. The quantitative estimate of drug-likeness (QED) is 0.773. The number of halogens is 2. The van der Waals surface area contributed by atoms with Gasteiger partial charge in [-0.15, -0.1) is 0 Å². The summed E-state index contributed by atoms with van der Waals surface area (Å²) in [7, 11) is 0. The van der Waals surface area contributed by atoms with Crippen LogP contribution in [0.5, 0.6) is 5.75 Å². The van der Waals surface area contributed by atoms with E-state index in [2.05, 4.69) is 10.3 Å². The van der Waals surface area contributed by atoms with Crippen LogP contribution in [-0.2, 0) is 0 Å². The molecule has 1 aliphatic rings. The maximum absolute atomic E-state index is 13.1. The Kier molecular flexibility index (Phi) is 6.28. The van der Waals surface area contributed by atoms with Gasteiger partial charge in [-0.2, -0.15) is 0 Å². The molecule has 2 heterocycles. The van der Waals surface area contributed by atoms with Gasteiger partial charge in [0.05, 0.1) is 17.1 Å². The number of benzene rings is 1. The Balaban J connectivity index is 1.51. The smallest absolute Gasteiger partial charge is 0.255 e. The molecule has 0 spiro atoms. The van der Waals surface area contributed by atoms with Gasteiger partial charge in [-0.05, 0) is 37.5 Å². The number of rotatable bonds is 6. The first-order valence-corrected chi connectivity index (χ1v) is 9.08. The summed E-state index contributed by atoms with van der Waals surface area (Å²) >= 11 is 6.24. The molecule has 5 nitrogen and oxygen atoms in total. The lowest BCUT2D eigenvalue weighted by Crippen LogP contribution is -2.35. The average molecular weight is 378 g/mol. The Morgan fingerprint density at radius 3 is 2.81 bits per heavy atom. The average Bonchev–Trinajstić information content (AvgIpc) is 2.66. The number of amides is 1. The van der Waals surface area contributed by atoms with Crippen LogP contribution in [0.3, 0.4) is 0 Å². The molecule has 0 atom stereocenters. The zero-order valence-corrected chi connectivity index (χ0v) is 15.1. The minimum atomic E-state index is -0.339. The zero-order chi connectivity index (χ0) is 18.4. The number of nitrogens with zero attached hydrogens (tertiary/aromatic N) is 2. The molecule has 1 fully saturated rings. The van der Waals surface area contributed by atoms with Crippen molar-refractivity contribution in [1.82, 2.24) is 9.88 Å². The number of piperidine rings is 1. The largest absolute Gasteiger partial charge is 0.492 e. The van der Waals surface area contributed by atoms with Gasteiger partial charge in [0.1, 0.15) is 24.0 Å². The third-order valence-electron chi connectivity index (χ3n) is 4.19. The van der Waals surface area contributed by atoms with Gasteiger partial charge >= 0.3 is 0 Å². The number of likely N-dealkylation sites (tertiary alicyclic amines) is 1. The molecular formula is C19H21ClFN3O2. The third-order valence-corrected chi connectivity index (χ3v) is 4.48. The van der Waals surface area contributed by atoms with Gasteiger partial charge in [-0.25, -0.2) is 9.37 Å². The Morgan fingerprint density at radius 1 is 1.27 bits per heavy atom. The summed E-state index contributed by atoms with van der Waals surface area (Å²) in [4.78, 5) is 18.6. The van der Waals surface area contributed by atoms with Gasteiger partial charge in [-0.3, -0.25) is 4.79 Å². The normalized spacial score (nSPS) is 14.2. The molecule has 0 saturated carbocycles. The van der Waals surface area contributed by atoms with Gasteiger partial charge in [0.2, 0.25) is 0 Å². The number of pyridine rings is 1. The molecule has 3 rings (SSSR count). The van der Waals surface area contributed by atoms with Crippen molar-refractivity contribution in [2.24, 2.45) is 0 Å². The number of anilines is 1. The van der Waals surface area contributed by atoms with E-state index in [4.69, 9.17) is 16.3 Å². The molecule has 0 aliphatic carbocycles. The van der Waals surface area contributed by atoms with E-state index in [0.29, 0.717) is 35.3 Å². The van der Waals surface area contributed by atoms with Gasteiger partial charge < -0.3 is 15.0 Å². The van der Waals surface area contributed by atoms with Gasteiger partial charge in [0.25, 0.3) is 5.91 Å². The van der Waals surface area contributed by atoms with Crippen molar-refractivity contribution in [2.45, 2.75) is 19.3 Å². The summed E-state index contributed by atoms with van der Waals surface area (Å²) in [6.45, 7) is 2.35. The first kappa shape index (κ1) is 18.5. The van der Waals surface area contributed by atoms with Gasteiger partial charge in [-0.1, -0.05) is 17.7 Å². The highest BCUT2D eigenvalue weighted by atomic mass is 35.5. The van der Waals surface area contributed by atoms with Crippen LogP contribution in [-0.4, -0.2) is 42.0 Å². The summed E-state index contributed by atoms with van der Waals surface area (Å²) in [6, 6.07) is 7.61. The summed E-state index contributed by atoms with van der Waals surface area (Å²) in [5, 5.41) is 3.44. The highest BCUT2D eigenvalue weighted by Gasteiger charge is 2.19. The molecule has 1 N–H and O–H groups in total. The maximum Gasteiger partial charge on any atom is 0.255 e. The van der Waals surface area contributed by atoms with Crippen molar-refractivity contribution in [2.75, 3.05) is 31.6 Å². The van der Waals surface area contributed by atoms with Crippen molar-refractivity contribution in [3.63, 3.8) is 0 Å². The second kappa shape index (κ2) is 8.85. The molecule has 1 aromatic carbocycles. The van der Waals surface area contributed by atoms with Crippen molar-refractivity contribution < 1.29 is 13.9 Å². The van der Waals surface area contributed by atoms with Crippen LogP contribution >= 0.6 is 11.6 Å². The van der Waals surface area contributed by atoms with Gasteiger partial charge in [0, 0.05) is 25.4 Å². The Bertz CT molecular complexity index is 766. The lowest BCUT2D eigenvalue weighted by atomic mass is 10.1. The van der Waals surface area contributed by atoms with Crippen LogP contribution in [0.25, 0.3) is 0 Å². The van der Waals surface area contributed by atoms with Crippen LogP contribution in [0.2, 0.25) is 5.02 Å². The van der Waals surface area contributed by atoms with Crippen LogP contribution in [0.15, 0.2) is 36.5 Å². The van der Waals surface area contributed by atoms with E-state index in [0.717, 1.165) is 25.9 Å². The third kappa shape index (κ3) is 4.85. The minimum Gasteiger partial charge on any atom is -0.492 e. The fourth-order valence-electron chi connectivity index (χ4n) is 2.86. The van der Waals surface area contributed by atoms with Crippen molar-refractivity contribution in [3.05, 3.63) is 52.9 Å². The van der Waals surface area contributed by atoms with E-state index in [9.17, 15) is 9.18 Å². The SMILES string of the molecule is O=C(c1cnc(NCCOc2cccc(F)c2)c(Cl)c1)N1CCCCC1. The predicted molar refractivity (Wildman–Crippen MR) is 99.4 cm³/mol. The molecule has 0 unspecified atom stereocenters. The summed E-state index contributed by atoms with van der Waals surface area (Å²) in [5.41, 5.74) is 0.499. The van der Waals surface area contributed by atoms with Crippen molar-refractivity contribution in [1.29, 1.82) is 0 Å². The highest BCUT2D eigenvalue weighted by molar-refractivity contribution is 6.33. The fourth-order valence-corrected chi connectivity index (χ4v) is 3.09. The van der Waals surface area contributed by atoms with E-state index in [1.165, 1.54) is 18.6 Å². The molecule has 7 heteroatoms. The molecule has 1 aliphatic heterocycles. The van der Waals surface area contributed by atoms with E-state index < -0.39 is 0 Å². The van der Waals surface area contributed by atoms with E-state index in [-0.39, 0.29) is 11.7 Å². The Morgan fingerprint density at radius 2 is 2.08 bits per heavy atom.